The summed E-state index contributed by atoms with van der Waals surface area (Å²) in [6, 6.07) is 0. The van der Waals surface area contributed by atoms with E-state index in [1.165, 1.54) is 0 Å². The zero-order valence-corrected chi connectivity index (χ0v) is 5.64. The van der Waals surface area contributed by atoms with Crippen LogP contribution in [0.3, 0.4) is 0 Å². The minimum absolute atomic E-state index is 0. The molecule has 0 rings (SSSR count). The Kier molecular flexibility index (Phi) is 85.3. The Labute approximate surface area is 68.0 Å². The van der Waals surface area contributed by atoms with Gasteiger partial charge in [0, 0.05) is 19.5 Å². The van der Waals surface area contributed by atoms with Gasteiger partial charge < -0.3 is 0 Å². The third-order valence-corrected chi connectivity index (χ3v) is 0. The molecule has 0 heterocycles. The second-order valence-corrected chi connectivity index (χ2v) is 0. The first kappa shape index (κ1) is 16.8. The first-order valence-electron chi connectivity index (χ1n) is 0.154. The zero-order valence-electron chi connectivity index (χ0n) is 1.49. The van der Waals surface area contributed by atoms with Gasteiger partial charge >= 0.3 is 49.3 Å². The summed E-state index contributed by atoms with van der Waals surface area (Å²) in [7, 11) is 0. The van der Waals surface area contributed by atoms with Crippen LogP contribution in [-0.4, -0.2) is 29.6 Å². The molecule has 0 radical (unpaired) electrons. The van der Waals surface area contributed by atoms with E-state index in [-0.39, 0.29) is 49.0 Å². The molecule has 0 saturated carbocycles. The Morgan fingerprint density at radius 1 is 1.25 bits per heavy atom. The number of hydrogen-bond donors (Lipinski definition) is 0. The Balaban J connectivity index is -0.00000000500. The number of rotatable bonds is 0. The summed E-state index contributed by atoms with van der Waals surface area (Å²) in [5.41, 5.74) is 0. The molecule has 0 N–H and O–H groups in total. The molecule has 0 saturated heterocycles. The van der Waals surface area contributed by atoms with Crippen molar-refractivity contribution in [2.24, 2.45) is 0 Å². The maximum atomic E-state index is 8.06. The molecule has 0 aromatic heterocycles. The Bertz CT molecular complexity index is 8.00. The molecular weight excluding hydrogens is 159 g/mol. The van der Waals surface area contributed by atoms with Crippen LogP contribution in [0.25, 0.3) is 0 Å². The maximum absolute atomic E-state index is 8.06. The van der Waals surface area contributed by atoms with Crippen LogP contribution >= 0.6 is 0 Å². The Hall–Kier alpha value is 1.94. The summed E-state index contributed by atoms with van der Waals surface area (Å²) in [6.45, 7) is 0. The van der Waals surface area contributed by atoms with Crippen LogP contribution in [0.15, 0.2) is 0 Å². The Morgan fingerprint density at radius 2 is 1.25 bits per heavy atom. The summed E-state index contributed by atoms with van der Waals surface area (Å²) >= 11 is 1.69. The molecule has 0 aromatic rings. The van der Waals surface area contributed by atoms with Crippen LogP contribution in [-0.2, 0) is 39.3 Å². The van der Waals surface area contributed by atoms with Gasteiger partial charge in [0.25, 0.3) is 0 Å². The molecule has 1 nitrogen and oxygen atoms in total. The van der Waals surface area contributed by atoms with E-state index < -0.39 is 0 Å². The van der Waals surface area contributed by atoms with Crippen molar-refractivity contribution in [2.45, 2.75) is 0 Å². The van der Waals surface area contributed by atoms with Crippen LogP contribution < -0.4 is 0 Å². The average molecular weight is 160 g/mol. The summed E-state index contributed by atoms with van der Waals surface area (Å²) < 4.78 is 8.06. The molecule has 0 unspecified atom stereocenters. The van der Waals surface area contributed by atoms with Crippen LogP contribution in [0.2, 0.25) is 0 Å². The molecular formula is HMnNaOZn. The first-order chi connectivity index (χ1) is 1.00. The van der Waals surface area contributed by atoms with Crippen LogP contribution in [0.1, 0.15) is 0 Å². The van der Waals surface area contributed by atoms with E-state index in [0.29, 0.717) is 0 Å². The van der Waals surface area contributed by atoms with Crippen molar-refractivity contribution in [3.63, 3.8) is 0 Å². The van der Waals surface area contributed by atoms with Crippen molar-refractivity contribution in [3.05, 3.63) is 0 Å². The zero-order chi connectivity index (χ0) is 2.00. The molecule has 0 spiro atoms. The topological polar surface area (TPSA) is 17.1 Å². The maximum Gasteiger partial charge on any atom is 0 e. The van der Waals surface area contributed by atoms with Gasteiger partial charge in [-0.2, -0.15) is 0 Å². The molecule has 0 aliphatic heterocycles. The molecule has 4 heteroatoms. The first-order valence-corrected chi connectivity index (χ1v) is 0.636. The van der Waals surface area contributed by atoms with Gasteiger partial charge in [-0.1, -0.05) is 0 Å². The van der Waals surface area contributed by atoms with Gasteiger partial charge in [-0.3, -0.25) is 0 Å². The van der Waals surface area contributed by atoms with Crippen LogP contribution in [0, 0.1) is 0 Å². The molecule has 0 aromatic carbocycles. The van der Waals surface area contributed by atoms with E-state index in [1.54, 1.807) is 15.9 Å². The van der Waals surface area contributed by atoms with Gasteiger partial charge in [0.15, 0.2) is 0 Å². The SMILES string of the molecule is [NaH].[O]=[Mn].[Zn]. The van der Waals surface area contributed by atoms with E-state index in [9.17, 15) is 0 Å². The van der Waals surface area contributed by atoms with Crippen molar-refractivity contribution >= 4 is 29.6 Å². The van der Waals surface area contributed by atoms with Crippen molar-refractivity contribution in [2.75, 3.05) is 0 Å². The van der Waals surface area contributed by atoms with Gasteiger partial charge in [0.2, 0.25) is 0 Å². The molecule has 4 heavy (non-hydrogen) atoms. The monoisotopic (exact) mass is 159 g/mol. The normalized spacial score (nSPS) is 1.00. The molecule has 17 valence electrons. The fourth-order valence-corrected chi connectivity index (χ4v) is 0. The van der Waals surface area contributed by atoms with Gasteiger partial charge in [-0.25, -0.2) is 0 Å². The molecule has 0 bridgehead atoms. The summed E-state index contributed by atoms with van der Waals surface area (Å²) in [5.74, 6) is 0. The predicted octanol–water partition coefficient (Wildman–Crippen LogP) is -0.772. The summed E-state index contributed by atoms with van der Waals surface area (Å²) in [6.07, 6.45) is 0. The largest absolute Gasteiger partial charge is 0 e. The summed E-state index contributed by atoms with van der Waals surface area (Å²) in [4.78, 5) is 0. The van der Waals surface area contributed by atoms with Crippen molar-refractivity contribution in [1.29, 1.82) is 0 Å². The van der Waals surface area contributed by atoms with Crippen molar-refractivity contribution in [1.82, 2.24) is 0 Å². The molecule has 0 amide bonds. The minimum atomic E-state index is 0. The van der Waals surface area contributed by atoms with E-state index in [4.69, 9.17) is 3.83 Å². The van der Waals surface area contributed by atoms with Gasteiger partial charge in [0.05, 0.1) is 0 Å². The third kappa shape index (κ3) is 9.05. The van der Waals surface area contributed by atoms with Crippen LogP contribution in [0.5, 0.6) is 0 Å². The van der Waals surface area contributed by atoms with Crippen molar-refractivity contribution < 1.29 is 39.3 Å². The van der Waals surface area contributed by atoms with Gasteiger partial charge in [0.1, 0.15) is 0 Å². The van der Waals surface area contributed by atoms with E-state index in [1.807, 2.05) is 0 Å². The second kappa shape index (κ2) is 20.4. The fraction of sp³-hybridized carbons (Fsp3) is 0. The predicted molar refractivity (Wildman–Crippen MR) is 7.84 cm³/mol. The van der Waals surface area contributed by atoms with E-state index >= 15 is 0 Å². The van der Waals surface area contributed by atoms with Gasteiger partial charge in [-0.15, -0.1) is 0 Å². The Morgan fingerprint density at radius 3 is 1.25 bits per heavy atom. The number of hydrogen-bond acceptors (Lipinski definition) is 1. The summed E-state index contributed by atoms with van der Waals surface area (Å²) in [5, 5.41) is 0. The molecule has 0 aliphatic carbocycles. The quantitative estimate of drug-likeness (QED) is 0.425. The van der Waals surface area contributed by atoms with E-state index in [2.05, 4.69) is 0 Å². The standard InChI is InChI=1S/Mn.Na.O.Zn.H. The molecule has 0 fully saturated rings. The average Bonchev–Trinajstić information content (AvgIpc) is 1.00. The van der Waals surface area contributed by atoms with E-state index in [0.717, 1.165) is 0 Å². The second-order valence-electron chi connectivity index (χ2n) is 0. The van der Waals surface area contributed by atoms with Gasteiger partial charge in [-0.05, 0) is 0 Å². The smallest absolute Gasteiger partial charge is 0 e. The third-order valence-electron chi connectivity index (χ3n) is 0. The van der Waals surface area contributed by atoms with Crippen molar-refractivity contribution in [3.8, 4) is 0 Å². The molecule has 0 atom stereocenters. The van der Waals surface area contributed by atoms with Crippen LogP contribution in [0.4, 0.5) is 0 Å². The minimum Gasteiger partial charge on any atom is 0 e. The fourth-order valence-electron chi connectivity index (χ4n) is 0. The molecule has 0 aliphatic rings.